The summed E-state index contributed by atoms with van der Waals surface area (Å²) in [5.41, 5.74) is 0. The fourth-order valence-corrected chi connectivity index (χ4v) is 1.51. The van der Waals surface area contributed by atoms with Crippen molar-refractivity contribution in [1.29, 1.82) is 0 Å². The Balaban J connectivity index is 0. The van der Waals surface area contributed by atoms with Crippen molar-refractivity contribution in [3.63, 3.8) is 0 Å². The molecule has 0 amide bonds. The zero-order valence-corrected chi connectivity index (χ0v) is 9.60. The van der Waals surface area contributed by atoms with Gasteiger partial charge in [-0.25, -0.2) is 0 Å². The highest BCUT2D eigenvalue weighted by atomic mass is 35.5. The van der Waals surface area contributed by atoms with Crippen molar-refractivity contribution in [2.45, 2.75) is 45.3 Å². The highest BCUT2D eigenvalue weighted by Gasteiger charge is 2.22. The number of halogens is 2. The topological polar surface area (TPSA) is 24.1 Å². The fraction of sp³-hybridized carbons (Fsp3) is 1.00. The maximum absolute atomic E-state index is 3.53. The van der Waals surface area contributed by atoms with Gasteiger partial charge in [0.2, 0.25) is 0 Å². The van der Waals surface area contributed by atoms with E-state index in [-0.39, 0.29) is 24.8 Å². The fourth-order valence-electron chi connectivity index (χ4n) is 1.51. The van der Waals surface area contributed by atoms with Crippen molar-refractivity contribution in [3.8, 4) is 0 Å². The highest BCUT2D eigenvalue weighted by molar-refractivity contribution is 5.85. The van der Waals surface area contributed by atoms with E-state index < -0.39 is 0 Å². The minimum absolute atomic E-state index is 0. The van der Waals surface area contributed by atoms with Crippen LogP contribution in [0.1, 0.15) is 27.2 Å². The van der Waals surface area contributed by atoms with Gasteiger partial charge in [0.15, 0.2) is 0 Å². The van der Waals surface area contributed by atoms with Gasteiger partial charge in [-0.15, -0.1) is 24.8 Å². The first-order valence-corrected chi connectivity index (χ1v) is 4.19. The first kappa shape index (κ1) is 15.0. The van der Waals surface area contributed by atoms with E-state index >= 15 is 0 Å². The van der Waals surface area contributed by atoms with Gasteiger partial charge in [-0.2, -0.15) is 0 Å². The Morgan fingerprint density at radius 2 is 1.92 bits per heavy atom. The quantitative estimate of drug-likeness (QED) is 0.730. The van der Waals surface area contributed by atoms with Crippen LogP contribution in [0.4, 0.5) is 0 Å². The van der Waals surface area contributed by atoms with Crippen molar-refractivity contribution in [3.05, 3.63) is 0 Å². The minimum Gasteiger partial charge on any atom is -0.313 e. The summed E-state index contributed by atoms with van der Waals surface area (Å²) >= 11 is 0. The molecule has 0 aromatic carbocycles. The largest absolute Gasteiger partial charge is 0.313 e. The van der Waals surface area contributed by atoms with Gasteiger partial charge in [-0.1, -0.05) is 13.8 Å². The summed E-state index contributed by atoms with van der Waals surface area (Å²) in [5, 5.41) is 6.94. The van der Waals surface area contributed by atoms with Crippen LogP contribution in [0.15, 0.2) is 0 Å². The van der Waals surface area contributed by atoms with Gasteiger partial charge in [0, 0.05) is 18.1 Å². The predicted molar refractivity (Wildman–Crippen MR) is 58.6 cm³/mol. The molecule has 4 heteroatoms. The molecule has 0 radical (unpaired) electrons. The van der Waals surface area contributed by atoms with Gasteiger partial charge in [0.25, 0.3) is 0 Å². The zero-order chi connectivity index (χ0) is 7.56. The SMILES string of the molecule is CC(C)N[C@H]1CCN[C@H]1C.Cl.Cl. The molecule has 1 aliphatic heterocycles. The van der Waals surface area contributed by atoms with Crippen LogP contribution in [-0.4, -0.2) is 24.7 Å². The van der Waals surface area contributed by atoms with Crippen LogP contribution in [0.2, 0.25) is 0 Å². The van der Waals surface area contributed by atoms with Crippen LogP contribution in [0, 0.1) is 0 Å². The Hall–Kier alpha value is 0.500. The van der Waals surface area contributed by atoms with Crippen LogP contribution in [0.3, 0.4) is 0 Å². The van der Waals surface area contributed by atoms with Crippen LogP contribution < -0.4 is 10.6 Å². The van der Waals surface area contributed by atoms with Crippen LogP contribution >= 0.6 is 24.8 Å². The molecule has 1 heterocycles. The van der Waals surface area contributed by atoms with E-state index in [2.05, 4.69) is 31.4 Å². The summed E-state index contributed by atoms with van der Waals surface area (Å²) in [6, 6.07) is 1.97. The number of nitrogens with one attached hydrogen (secondary N) is 2. The van der Waals surface area contributed by atoms with Crippen molar-refractivity contribution < 1.29 is 0 Å². The molecule has 2 nitrogen and oxygen atoms in total. The molecule has 2 atom stereocenters. The summed E-state index contributed by atoms with van der Waals surface area (Å²) in [5.74, 6) is 0. The molecule has 0 aromatic heterocycles. The summed E-state index contributed by atoms with van der Waals surface area (Å²) < 4.78 is 0. The van der Waals surface area contributed by atoms with Gasteiger partial charge >= 0.3 is 0 Å². The van der Waals surface area contributed by atoms with Gasteiger partial charge in [-0.05, 0) is 19.9 Å². The number of hydrogen-bond acceptors (Lipinski definition) is 2. The lowest BCUT2D eigenvalue weighted by Crippen LogP contribution is -2.41. The lowest BCUT2D eigenvalue weighted by Gasteiger charge is -2.19. The van der Waals surface area contributed by atoms with Gasteiger partial charge < -0.3 is 10.6 Å². The molecule has 0 saturated carbocycles. The molecular weight excluding hydrogens is 195 g/mol. The number of hydrogen-bond donors (Lipinski definition) is 2. The molecule has 0 aliphatic carbocycles. The number of rotatable bonds is 2. The third kappa shape index (κ3) is 4.51. The smallest absolute Gasteiger partial charge is 0.0232 e. The maximum atomic E-state index is 3.53. The average molecular weight is 215 g/mol. The van der Waals surface area contributed by atoms with Crippen LogP contribution in [0.5, 0.6) is 0 Å². The molecule has 0 aromatic rings. The van der Waals surface area contributed by atoms with E-state index in [9.17, 15) is 0 Å². The molecule has 1 fully saturated rings. The van der Waals surface area contributed by atoms with Gasteiger partial charge in [0.1, 0.15) is 0 Å². The molecule has 0 bridgehead atoms. The van der Waals surface area contributed by atoms with Crippen molar-refractivity contribution >= 4 is 24.8 Å². The van der Waals surface area contributed by atoms with Gasteiger partial charge in [-0.3, -0.25) is 0 Å². The average Bonchev–Trinajstić information content (AvgIpc) is 2.15. The lowest BCUT2D eigenvalue weighted by atomic mass is 10.1. The third-order valence-corrected chi connectivity index (χ3v) is 2.07. The molecule has 0 unspecified atom stereocenters. The Morgan fingerprint density at radius 1 is 1.33 bits per heavy atom. The molecule has 1 saturated heterocycles. The zero-order valence-electron chi connectivity index (χ0n) is 7.96. The monoisotopic (exact) mass is 214 g/mol. The Kier molecular flexibility index (Phi) is 8.69. The molecule has 12 heavy (non-hydrogen) atoms. The Bertz CT molecular complexity index is 109. The van der Waals surface area contributed by atoms with E-state index in [4.69, 9.17) is 0 Å². The summed E-state index contributed by atoms with van der Waals surface area (Å²) in [4.78, 5) is 0. The maximum Gasteiger partial charge on any atom is 0.0232 e. The summed E-state index contributed by atoms with van der Waals surface area (Å²) in [6.07, 6.45) is 1.28. The minimum atomic E-state index is 0. The first-order chi connectivity index (χ1) is 4.70. The molecule has 1 rings (SSSR count). The van der Waals surface area contributed by atoms with Crippen LogP contribution in [0.25, 0.3) is 0 Å². The Morgan fingerprint density at radius 3 is 2.25 bits per heavy atom. The second kappa shape index (κ2) is 6.96. The van der Waals surface area contributed by atoms with Crippen molar-refractivity contribution in [2.75, 3.05) is 6.54 Å². The Labute approximate surface area is 87.7 Å². The standard InChI is InChI=1S/C8H18N2.2ClH/c1-6(2)10-8-4-5-9-7(8)3;;/h6-10H,4-5H2,1-3H3;2*1H/t7-,8-;;/m0../s1. The lowest BCUT2D eigenvalue weighted by molar-refractivity contribution is 0.433. The van der Waals surface area contributed by atoms with Crippen LogP contribution in [-0.2, 0) is 0 Å². The van der Waals surface area contributed by atoms with E-state index in [1.165, 1.54) is 13.0 Å². The normalized spacial score (nSPS) is 28.0. The highest BCUT2D eigenvalue weighted by Crippen LogP contribution is 2.06. The second-order valence-corrected chi connectivity index (χ2v) is 3.46. The third-order valence-electron chi connectivity index (χ3n) is 2.07. The second-order valence-electron chi connectivity index (χ2n) is 3.46. The van der Waals surface area contributed by atoms with E-state index in [1.807, 2.05) is 0 Å². The van der Waals surface area contributed by atoms with E-state index in [1.54, 1.807) is 0 Å². The molecular formula is C8H20Cl2N2. The molecule has 0 spiro atoms. The predicted octanol–water partition coefficient (Wildman–Crippen LogP) is 1.58. The summed E-state index contributed by atoms with van der Waals surface area (Å²) in [6.45, 7) is 7.81. The van der Waals surface area contributed by atoms with E-state index in [0.717, 1.165) is 0 Å². The van der Waals surface area contributed by atoms with Gasteiger partial charge in [0.05, 0.1) is 0 Å². The van der Waals surface area contributed by atoms with Crippen molar-refractivity contribution in [2.24, 2.45) is 0 Å². The first-order valence-electron chi connectivity index (χ1n) is 4.19. The van der Waals surface area contributed by atoms with Crippen molar-refractivity contribution in [1.82, 2.24) is 10.6 Å². The summed E-state index contributed by atoms with van der Waals surface area (Å²) in [7, 11) is 0. The molecule has 1 aliphatic rings. The molecule has 2 N–H and O–H groups in total. The molecule has 76 valence electrons. The van der Waals surface area contributed by atoms with E-state index in [0.29, 0.717) is 18.1 Å².